The highest BCUT2D eigenvalue weighted by atomic mass is 16.6. The first-order chi connectivity index (χ1) is 17.2. The Hall–Kier alpha value is -1.91. The number of rotatable bonds is 5. The summed E-state index contributed by atoms with van der Waals surface area (Å²) in [7, 11) is 0. The Balaban J connectivity index is 1.37. The van der Waals surface area contributed by atoms with E-state index in [9.17, 15) is 14.4 Å². The smallest absolute Gasteiger partial charge is 0.410 e. The highest BCUT2D eigenvalue weighted by molar-refractivity contribution is 5.82. The average Bonchev–Trinajstić information content (AvgIpc) is 2.81. The zero-order valence-electron chi connectivity index (χ0n) is 23.8. The molecule has 212 valence electrons. The third kappa shape index (κ3) is 9.11. The molecule has 0 saturated carbocycles. The van der Waals surface area contributed by atoms with E-state index in [4.69, 9.17) is 15.2 Å². The summed E-state index contributed by atoms with van der Waals surface area (Å²) in [6, 6.07) is -0.0637. The van der Waals surface area contributed by atoms with Gasteiger partial charge in [0, 0.05) is 45.3 Å². The molecule has 0 aromatic heterocycles. The number of nitrogens with two attached hydrogens (primary N) is 1. The lowest BCUT2D eigenvalue weighted by atomic mass is 9.89. The molecule has 0 bridgehead atoms. The van der Waals surface area contributed by atoms with Gasteiger partial charge in [0.25, 0.3) is 0 Å². The summed E-state index contributed by atoms with van der Waals surface area (Å²) in [6.07, 6.45) is 3.24. The number of esters is 1. The third-order valence-corrected chi connectivity index (χ3v) is 7.46. The van der Waals surface area contributed by atoms with Crippen LogP contribution in [0.5, 0.6) is 0 Å². The van der Waals surface area contributed by atoms with E-state index in [0.717, 1.165) is 51.9 Å². The minimum Gasteiger partial charge on any atom is -0.459 e. The number of carbonyl (C=O) groups is 3. The number of likely N-dealkylation sites (tertiary alicyclic amines) is 2. The van der Waals surface area contributed by atoms with Crippen LogP contribution >= 0.6 is 0 Å². The lowest BCUT2D eigenvalue weighted by Gasteiger charge is -2.43. The molecule has 10 heteroatoms. The number of hydrogen-bond acceptors (Lipinski definition) is 8. The Labute approximate surface area is 222 Å². The molecule has 0 aromatic rings. The van der Waals surface area contributed by atoms with Crippen LogP contribution < -0.4 is 5.73 Å². The number of piperidine rings is 2. The van der Waals surface area contributed by atoms with Gasteiger partial charge in [-0.2, -0.15) is 0 Å². The number of ether oxygens (including phenoxy) is 2. The Morgan fingerprint density at radius 1 is 0.757 bits per heavy atom. The van der Waals surface area contributed by atoms with Crippen molar-refractivity contribution in [2.45, 2.75) is 90.5 Å². The van der Waals surface area contributed by atoms with E-state index in [1.165, 1.54) is 0 Å². The van der Waals surface area contributed by atoms with E-state index < -0.39 is 17.2 Å². The fourth-order valence-electron chi connectivity index (χ4n) is 5.49. The maximum absolute atomic E-state index is 13.2. The summed E-state index contributed by atoms with van der Waals surface area (Å²) >= 11 is 0. The molecule has 3 aliphatic heterocycles. The van der Waals surface area contributed by atoms with Crippen molar-refractivity contribution in [3.05, 3.63) is 0 Å². The molecule has 3 heterocycles. The Bertz CT molecular complexity index is 784. The van der Waals surface area contributed by atoms with E-state index in [1.807, 2.05) is 46.4 Å². The Morgan fingerprint density at radius 2 is 1.30 bits per heavy atom. The SMILES string of the molecule is CC(C)(C)OC(=O)CN1CCC(C(N)C(=O)N2CCN(C3CCN(C(=O)OC(C)(C)C)CC3)CC2)CC1. The van der Waals surface area contributed by atoms with Gasteiger partial charge in [0.05, 0.1) is 12.6 Å². The molecular weight excluding hydrogens is 474 g/mol. The van der Waals surface area contributed by atoms with Gasteiger partial charge in [-0.05, 0) is 86.2 Å². The van der Waals surface area contributed by atoms with E-state index in [-0.39, 0.29) is 30.4 Å². The van der Waals surface area contributed by atoms with Gasteiger partial charge < -0.3 is 25.0 Å². The minimum atomic E-state index is -0.493. The van der Waals surface area contributed by atoms with Crippen LogP contribution in [0.4, 0.5) is 4.79 Å². The van der Waals surface area contributed by atoms with Crippen molar-refractivity contribution >= 4 is 18.0 Å². The molecule has 3 saturated heterocycles. The lowest BCUT2D eigenvalue weighted by molar-refractivity contribution is -0.156. The normalized spacial score (nSPS) is 22.6. The molecular formula is C27H49N5O5. The molecule has 0 radical (unpaired) electrons. The van der Waals surface area contributed by atoms with Gasteiger partial charge in [0.2, 0.25) is 5.91 Å². The van der Waals surface area contributed by atoms with E-state index in [2.05, 4.69) is 9.80 Å². The van der Waals surface area contributed by atoms with Crippen LogP contribution in [0, 0.1) is 5.92 Å². The zero-order chi connectivity index (χ0) is 27.4. The number of hydrogen-bond donors (Lipinski definition) is 1. The van der Waals surface area contributed by atoms with Gasteiger partial charge in [-0.1, -0.05) is 0 Å². The first kappa shape index (κ1) is 29.6. The van der Waals surface area contributed by atoms with Crippen LogP contribution in [-0.4, -0.2) is 120 Å². The minimum absolute atomic E-state index is 0.0463. The summed E-state index contributed by atoms with van der Waals surface area (Å²) in [4.78, 5) is 45.9. The molecule has 3 fully saturated rings. The molecule has 3 rings (SSSR count). The predicted molar refractivity (Wildman–Crippen MR) is 142 cm³/mol. The second-order valence-corrected chi connectivity index (χ2v) is 12.8. The molecule has 3 aliphatic rings. The topological polar surface area (TPSA) is 109 Å². The van der Waals surface area contributed by atoms with Crippen molar-refractivity contribution in [3.63, 3.8) is 0 Å². The van der Waals surface area contributed by atoms with Gasteiger partial charge in [0.15, 0.2) is 0 Å². The molecule has 1 atom stereocenters. The molecule has 0 spiro atoms. The van der Waals surface area contributed by atoms with Crippen LogP contribution in [-0.2, 0) is 19.1 Å². The molecule has 1 unspecified atom stereocenters. The van der Waals surface area contributed by atoms with Gasteiger partial charge in [0.1, 0.15) is 11.2 Å². The molecule has 10 nitrogen and oxygen atoms in total. The van der Waals surface area contributed by atoms with Crippen LogP contribution in [0.3, 0.4) is 0 Å². The summed E-state index contributed by atoms with van der Waals surface area (Å²) in [5.41, 5.74) is 5.50. The van der Waals surface area contributed by atoms with Crippen molar-refractivity contribution in [2.24, 2.45) is 11.7 Å². The molecule has 37 heavy (non-hydrogen) atoms. The standard InChI is InChI=1S/C27H49N5O5/c1-26(2,3)36-22(33)19-29-11-7-20(8-12-29)23(28)24(34)31-17-15-30(16-18-31)21-9-13-32(14-10-21)25(35)37-27(4,5)6/h20-21,23H,7-19,28H2,1-6H3. The lowest BCUT2D eigenvalue weighted by Crippen LogP contribution is -2.58. The van der Waals surface area contributed by atoms with E-state index in [0.29, 0.717) is 32.2 Å². The number of nitrogens with zero attached hydrogens (tertiary/aromatic N) is 4. The molecule has 2 amide bonds. The fourth-order valence-corrected chi connectivity index (χ4v) is 5.49. The van der Waals surface area contributed by atoms with Gasteiger partial charge >= 0.3 is 12.1 Å². The van der Waals surface area contributed by atoms with E-state index >= 15 is 0 Å². The third-order valence-electron chi connectivity index (χ3n) is 7.46. The number of carbonyl (C=O) groups excluding carboxylic acids is 3. The summed E-state index contributed by atoms with van der Waals surface area (Å²) in [6.45, 7) is 17.5. The second-order valence-electron chi connectivity index (χ2n) is 12.8. The fraction of sp³-hybridized carbons (Fsp3) is 0.889. The first-order valence-electron chi connectivity index (χ1n) is 13.9. The largest absolute Gasteiger partial charge is 0.459 e. The zero-order valence-corrected chi connectivity index (χ0v) is 23.8. The van der Waals surface area contributed by atoms with Gasteiger partial charge in [-0.15, -0.1) is 0 Å². The van der Waals surface area contributed by atoms with Crippen molar-refractivity contribution in [1.29, 1.82) is 0 Å². The maximum atomic E-state index is 13.2. The van der Waals surface area contributed by atoms with Crippen LogP contribution in [0.2, 0.25) is 0 Å². The summed E-state index contributed by atoms with van der Waals surface area (Å²) < 4.78 is 10.9. The molecule has 0 aromatic carbocycles. The second kappa shape index (κ2) is 12.3. The van der Waals surface area contributed by atoms with Crippen molar-refractivity contribution in [3.8, 4) is 0 Å². The first-order valence-corrected chi connectivity index (χ1v) is 13.9. The summed E-state index contributed by atoms with van der Waals surface area (Å²) in [5, 5.41) is 0. The van der Waals surface area contributed by atoms with Crippen molar-refractivity contribution < 1.29 is 23.9 Å². The van der Waals surface area contributed by atoms with Crippen LogP contribution in [0.15, 0.2) is 0 Å². The van der Waals surface area contributed by atoms with Crippen LogP contribution in [0.25, 0.3) is 0 Å². The summed E-state index contributed by atoms with van der Waals surface area (Å²) in [5.74, 6) is -0.0257. The van der Waals surface area contributed by atoms with E-state index in [1.54, 1.807) is 4.90 Å². The van der Waals surface area contributed by atoms with Crippen LogP contribution in [0.1, 0.15) is 67.2 Å². The van der Waals surface area contributed by atoms with Gasteiger partial charge in [-0.25, -0.2) is 4.79 Å². The number of amides is 2. The highest BCUT2D eigenvalue weighted by Gasteiger charge is 2.35. The Morgan fingerprint density at radius 3 is 1.81 bits per heavy atom. The predicted octanol–water partition coefficient (Wildman–Crippen LogP) is 1.91. The average molecular weight is 524 g/mol. The maximum Gasteiger partial charge on any atom is 0.410 e. The molecule has 2 N–H and O–H groups in total. The highest BCUT2D eigenvalue weighted by Crippen LogP contribution is 2.24. The van der Waals surface area contributed by atoms with Crippen molar-refractivity contribution in [2.75, 3.05) is 58.9 Å². The molecule has 0 aliphatic carbocycles. The van der Waals surface area contributed by atoms with Gasteiger partial charge in [-0.3, -0.25) is 19.4 Å². The van der Waals surface area contributed by atoms with Crippen molar-refractivity contribution in [1.82, 2.24) is 19.6 Å². The Kier molecular flexibility index (Phi) is 9.85. The monoisotopic (exact) mass is 523 g/mol. The quantitative estimate of drug-likeness (QED) is 0.545. The number of piperazine rings is 1.